The van der Waals surface area contributed by atoms with Crippen LogP contribution in [0.1, 0.15) is 32.6 Å². The minimum Gasteiger partial charge on any atom is -0.352 e. The summed E-state index contributed by atoms with van der Waals surface area (Å²) < 4.78 is 12.8. The second-order valence-corrected chi connectivity index (χ2v) is 6.14. The van der Waals surface area contributed by atoms with Gasteiger partial charge in [-0.25, -0.2) is 4.39 Å². The highest BCUT2D eigenvalue weighted by Gasteiger charge is 2.24. The summed E-state index contributed by atoms with van der Waals surface area (Å²) in [6, 6.07) is 5.47. The van der Waals surface area contributed by atoms with Gasteiger partial charge >= 0.3 is 0 Å². The van der Waals surface area contributed by atoms with Crippen LogP contribution in [0.5, 0.6) is 0 Å². The average Bonchev–Trinajstić information content (AvgIpc) is 3.01. The Morgan fingerprint density at radius 3 is 2.48 bits per heavy atom. The smallest absolute Gasteiger partial charge is 0.238 e. The maximum atomic E-state index is 12.8. The van der Waals surface area contributed by atoms with Crippen molar-refractivity contribution in [3.05, 3.63) is 30.1 Å². The van der Waals surface area contributed by atoms with Crippen molar-refractivity contribution in [3.63, 3.8) is 0 Å². The first-order chi connectivity index (χ1) is 11.0. The van der Waals surface area contributed by atoms with Crippen molar-refractivity contribution < 1.29 is 14.0 Å². The Bertz CT molecular complexity index is 541. The number of amides is 2. The van der Waals surface area contributed by atoms with Gasteiger partial charge in [-0.1, -0.05) is 12.8 Å². The molecule has 0 radical (unpaired) electrons. The van der Waals surface area contributed by atoms with E-state index in [1.54, 1.807) is 18.9 Å². The summed E-state index contributed by atoms with van der Waals surface area (Å²) >= 11 is 0. The van der Waals surface area contributed by atoms with Crippen LogP contribution >= 0.6 is 0 Å². The molecule has 0 heterocycles. The fourth-order valence-corrected chi connectivity index (χ4v) is 2.69. The Hall–Kier alpha value is -1.95. The van der Waals surface area contributed by atoms with Gasteiger partial charge in [0, 0.05) is 11.7 Å². The van der Waals surface area contributed by atoms with Gasteiger partial charge in [0.25, 0.3) is 0 Å². The third-order valence-electron chi connectivity index (χ3n) is 4.26. The third kappa shape index (κ3) is 5.32. The highest BCUT2D eigenvalue weighted by atomic mass is 19.1. The Morgan fingerprint density at radius 2 is 1.87 bits per heavy atom. The van der Waals surface area contributed by atoms with Gasteiger partial charge in [0.1, 0.15) is 5.82 Å². The van der Waals surface area contributed by atoms with Crippen LogP contribution in [0.25, 0.3) is 0 Å². The molecule has 126 valence electrons. The van der Waals surface area contributed by atoms with Crippen LogP contribution in [0.4, 0.5) is 10.1 Å². The topological polar surface area (TPSA) is 61.4 Å². The minimum atomic E-state index is -0.380. The van der Waals surface area contributed by atoms with Gasteiger partial charge in [-0.05, 0) is 51.1 Å². The highest BCUT2D eigenvalue weighted by Crippen LogP contribution is 2.17. The van der Waals surface area contributed by atoms with Crippen LogP contribution in [-0.4, -0.2) is 42.4 Å². The number of hydrogen-bond donors (Lipinski definition) is 2. The quantitative estimate of drug-likeness (QED) is 0.844. The zero-order chi connectivity index (χ0) is 16.8. The number of likely N-dealkylation sites (N-methyl/N-ethyl adjacent to an activating group) is 1. The van der Waals surface area contributed by atoms with Gasteiger partial charge in [0.2, 0.25) is 11.8 Å². The summed E-state index contributed by atoms with van der Waals surface area (Å²) in [6.07, 6.45) is 4.39. The van der Waals surface area contributed by atoms with Crippen LogP contribution in [-0.2, 0) is 9.59 Å². The predicted molar refractivity (Wildman–Crippen MR) is 87.5 cm³/mol. The molecule has 0 spiro atoms. The Morgan fingerprint density at radius 1 is 1.26 bits per heavy atom. The summed E-state index contributed by atoms with van der Waals surface area (Å²) in [5.41, 5.74) is 0.535. The minimum absolute atomic E-state index is 0.0472. The standard InChI is InChI=1S/C17H24FN3O2/c1-12(17(23)20-14-5-3-4-6-14)21(2)11-16(22)19-15-9-7-13(18)8-10-15/h7-10,12,14H,3-6,11H2,1-2H3,(H,19,22)(H,20,23)/t12-/m0/s1. The normalized spacial score (nSPS) is 16.3. The van der Waals surface area contributed by atoms with Crippen molar-refractivity contribution >= 4 is 17.5 Å². The fraction of sp³-hybridized carbons (Fsp3) is 0.529. The van der Waals surface area contributed by atoms with E-state index in [9.17, 15) is 14.0 Å². The lowest BCUT2D eigenvalue weighted by molar-refractivity contribution is -0.127. The summed E-state index contributed by atoms with van der Waals surface area (Å²) in [6.45, 7) is 1.88. The van der Waals surface area contributed by atoms with Gasteiger partial charge in [-0.2, -0.15) is 0 Å². The molecule has 0 unspecified atom stereocenters. The number of halogens is 1. The van der Waals surface area contributed by atoms with Crippen molar-refractivity contribution in [1.82, 2.24) is 10.2 Å². The molecule has 1 aromatic rings. The van der Waals surface area contributed by atoms with Crippen LogP contribution < -0.4 is 10.6 Å². The molecule has 0 aliphatic heterocycles. The van der Waals surface area contributed by atoms with Crippen LogP contribution in [0.3, 0.4) is 0 Å². The maximum Gasteiger partial charge on any atom is 0.238 e. The van der Waals surface area contributed by atoms with Gasteiger partial charge in [0.15, 0.2) is 0 Å². The van der Waals surface area contributed by atoms with E-state index in [0.717, 1.165) is 25.7 Å². The largest absolute Gasteiger partial charge is 0.352 e. The lowest BCUT2D eigenvalue weighted by atomic mass is 10.2. The summed E-state index contributed by atoms with van der Waals surface area (Å²) in [5, 5.41) is 5.72. The first-order valence-corrected chi connectivity index (χ1v) is 8.01. The number of nitrogens with one attached hydrogen (secondary N) is 2. The van der Waals surface area contributed by atoms with Crippen molar-refractivity contribution in [2.75, 3.05) is 18.9 Å². The summed E-state index contributed by atoms with van der Waals surface area (Å²) in [5.74, 6) is -0.633. The van der Waals surface area contributed by atoms with E-state index in [-0.39, 0.29) is 36.3 Å². The lowest BCUT2D eigenvalue weighted by Crippen LogP contribution is -2.48. The molecule has 1 fully saturated rings. The van der Waals surface area contributed by atoms with Crippen molar-refractivity contribution in [3.8, 4) is 0 Å². The monoisotopic (exact) mass is 321 g/mol. The molecular weight excluding hydrogens is 297 g/mol. The number of anilines is 1. The second kappa shape index (κ2) is 8.06. The van der Waals surface area contributed by atoms with E-state index >= 15 is 0 Å². The van der Waals surface area contributed by atoms with E-state index in [0.29, 0.717) is 5.69 Å². The maximum absolute atomic E-state index is 12.8. The first-order valence-electron chi connectivity index (χ1n) is 8.01. The molecule has 5 nitrogen and oxygen atoms in total. The van der Waals surface area contributed by atoms with E-state index in [1.807, 2.05) is 0 Å². The number of hydrogen-bond acceptors (Lipinski definition) is 3. The van der Waals surface area contributed by atoms with Crippen molar-refractivity contribution in [2.24, 2.45) is 0 Å². The number of carbonyl (C=O) groups is 2. The molecule has 1 saturated carbocycles. The third-order valence-corrected chi connectivity index (χ3v) is 4.26. The SMILES string of the molecule is C[C@@H](C(=O)NC1CCCC1)N(C)CC(=O)Nc1ccc(F)cc1. The lowest BCUT2D eigenvalue weighted by Gasteiger charge is -2.25. The predicted octanol–water partition coefficient (Wildman–Crippen LogP) is 2.14. The molecule has 1 aromatic carbocycles. The van der Waals surface area contributed by atoms with E-state index in [4.69, 9.17) is 0 Å². The molecule has 23 heavy (non-hydrogen) atoms. The van der Waals surface area contributed by atoms with Gasteiger partial charge in [-0.15, -0.1) is 0 Å². The van der Waals surface area contributed by atoms with Gasteiger partial charge in [0.05, 0.1) is 12.6 Å². The molecule has 1 aliphatic carbocycles. The molecule has 2 rings (SSSR count). The number of benzene rings is 1. The number of nitrogens with zero attached hydrogens (tertiary/aromatic N) is 1. The summed E-state index contributed by atoms with van der Waals surface area (Å²) in [7, 11) is 1.74. The molecule has 0 aromatic heterocycles. The van der Waals surface area contributed by atoms with Crippen molar-refractivity contribution in [2.45, 2.75) is 44.7 Å². The fourth-order valence-electron chi connectivity index (χ4n) is 2.69. The van der Waals surface area contributed by atoms with Gasteiger partial charge in [-0.3, -0.25) is 14.5 Å². The molecular formula is C17H24FN3O2. The van der Waals surface area contributed by atoms with E-state index in [2.05, 4.69) is 10.6 Å². The molecule has 6 heteroatoms. The molecule has 1 aliphatic rings. The molecule has 2 N–H and O–H groups in total. The van der Waals surface area contributed by atoms with Gasteiger partial charge < -0.3 is 10.6 Å². The Labute approximate surface area is 136 Å². The van der Waals surface area contributed by atoms with E-state index in [1.165, 1.54) is 24.3 Å². The van der Waals surface area contributed by atoms with Crippen molar-refractivity contribution in [1.29, 1.82) is 0 Å². The Kier molecular flexibility index (Phi) is 6.10. The van der Waals surface area contributed by atoms with E-state index < -0.39 is 0 Å². The zero-order valence-corrected chi connectivity index (χ0v) is 13.6. The average molecular weight is 321 g/mol. The molecule has 0 saturated heterocycles. The molecule has 0 bridgehead atoms. The number of rotatable bonds is 6. The molecule has 2 amide bonds. The Balaban J connectivity index is 1.79. The second-order valence-electron chi connectivity index (χ2n) is 6.14. The zero-order valence-electron chi connectivity index (χ0n) is 13.6. The summed E-state index contributed by atoms with van der Waals surface area (Å²) in [4.78, 5) is 25.9. The highest BCUT2D eigenvalue weighted by molar-refractivity contribution is 5.92. The number of carbonyl (C=O) groups excluding carboxylic acids is 2. The molecule has 1 atom stereocenters. The first kappa shape index (κ1) is 17.4. The van der Waals surface area contributed by atoms with Crippen LogP contribution in [0.15, 0.2) is 24.3 Å². The van der Waals surface area contributed by atoms with Crippen LogP contribution in [0.2, 0.25) is 0 Å². The van der Waals surface area contributed by atoms with Crippen LogP contribution in [0, 0.1) is 5.82 Å².